The number of hydrogen-bond acceptors (Lipinski definition) is 1. The molecule has 0 aromatic heterocycles. The number of aliphatic hydroxyl groups excluding tert-OH is 1. The fraction of sp³-hybridized carbons (Fsp3) is 0.368. The summed E-state index contributed by atoms with van der Waals surface area (Å²) in [4.78, 5) is 0. The number of hydrogen-bond donors (Lipinski definition) is 1. The van der Waals surface area contributed by atoms with Crippen LogP contribution < -0.4 is 0 Å². The molecule has 2 rings (SSSR count). The first kappa shape index (κ1) is 15.7. The molecule has 0 saturated heterocycles. The van der Waals surface area contributed by atoms with E-state index in [-0.39, 0.29) is 11.2 Å². The van der Waals surface area contributed by atoms with Crippen molar-refractivity contribution in [2.45, 2.75) is 45.6 Å². The van der Waals surface area contributed by atoms with Gasteiger partial charge in [0.2, 0.25) is 0 Å². The molecule has 2 heteroatoms. The lowest BCUT2D eigenvalue weighted by Crippen LogP contribution is -2.11. The monoisotopic (exact) mass is 286 g/mol. The van der Waals surface area contributed by atoms with Crippen molar-refractivity contribution >= 4 is 0 Å². The van der Waals surface area contributed by atoms with Crippen molar-refractivity contribution in [3.63, 3.8) is 0 Å². The molecule has 0 aliphatic carbocycles. The van der Waals surface area contributed by atoms with Crippen LogP contribution in [0.2, 0.25) is 0 Å². The number of rotatable bonds is 3. The zero-order valence-electron chi connectivity index (χ0n) is 13.2. The standard InChI is InChI=1S/C19H23FO/c1-13-11-16(20)9-10-17(13)18(21)12-14-5-7-15(8-6-14)19(2,3)4/h5-11,18,21H,12H2,1-4H3. The van der Waals surface area contributed by atoms with Crippen LogP contribution in [0.1, 0.15) is 49.1 Å². The van der Waals surface area contributed by atoms with E-state index in [2.05, 4.69) is 45.0 Å². The van der Waals surface area contributed by atoms with E-state index in [1.807, 2.05) is 6.92 Å². The lowest BCUT2D eigenvalue weighted by atomic mass is 9.86. The van der Waals surface area contributed by atoms with Crippen molar-refractivity contribution in [2.75, 3.05) is 0 Å². The average Bonchev–Trinajstić information content (AvgIpc) is 2.38. The third-order valence-corrected chi connectivity index (χ3v) is 3.84. The maximum atomic E-state index is 13.1. The number of aryl methyl sites for hydroxylation is 1. The zero-order chi connectivity index (χ0) is 15.6. The van der Waals surface area contributed by atoms with Gasteiger partial charge in [-0.25, -0.2) is 4.39 Å². The fourth-order valence-electron chi connectivity index (χ4n) is 2.49. The molecule has 1 unspecified atom stereocenters. The molecule has 0 aliphatic heterocycles. The second kappa shape index (κ2) is 5.98. The van der Waals surface area contributed by atoms with Gasteiger partial charge in [-0.3, -0.25) is 0 Å². The van der Waals surface area contributed by atoms with E-state index in [9.17, 15) is 9.50 Å². The molecule has 0 spiro atoms. The third kappa shape index (κ3) is 3.92. The van der Waals surface area contributed by atoms with Crippen LogP contribution >= 0.6 is 0 Å². The molecule has 0 heterocycles. The van der Waals surface area contributed by atoms with Crippen LogP contribution in [0.25, 0.3) is 0 Å². The van der Waals surface area contributed by atoms with E-state index in [1.165, 1.54) is 17.7 Å². The van der Waals surface area contributed by atoms with Crippen molar-refractivity contribution in [1.82, 2.24) is 0 Å². The Labute approximate surface area is 126 Å². The summed E-state index contributed by atoms with van der Waals surface area (Å²) in [5.41, 5.74) is 4.06. The molecular formula is C19H23FO. The Morgan fingerprint density at radius 1 is 1.05 bits per heavy atom. The molecule has 0 fully saturated rings. The Hall–Kier alpha value is -1.67. The van der Waals surface area contributed by atoms with Gasteiger partial charge in [0, 0.05) is 6.42 Å². The van der Waals surface area contributed by atoms with Crippen molar-refractivity contribution < 1.29 is 9.50 Å². The number of benzene rings is 2. The van der Waals surface area contributed by atoms with Crippen molar-refractivity contribution in [1.29, 1.82) is 0 Å². The minimum atomic E-state index is -0.605. The lowest BCUT2D eigenvalue weighted by Gasteiger charge is -2.20. The van der Waals surface area contributed by atoms with Crippen molar-refractivity contribution in [2.24, 2.45) is 0 Å². The highest BCUT2D eigenvalue weighted by Crippen LogP contribution is 2.25. The number of aliphatic hydroxyl groups is 1. The Balaban J connectivity index is 2.14. The molecule has 1 atom stereocenters. The second-order valence-corrected chi connectivity index (χ2v) is 6.67. The summed E-state index contributed by atoms with van der Waals surface area (Å²) in [7, 11) is 0. The highest BCUT2D eigenvalue weighted by molar-refractivity contribution is 5.32. The molecule has 1 N–H and O–H groups in total. The van der Waals surface area contributed by atoms with E-state index in [0.717, 1.165) is 16.7 Å². The average molecular weight is 286 g/mol. The predicted octanol–water partition coefficient (Wildman–Crippen LogP) is 4.71. The summed E-state index contributed by atoms with van der Waals surface area (Å²) in [5.74, 6) is -0.266. The summed E-state index contributed by atoms with van der Waals surface area (Å²) in [5, 5.41) is 10.4. The van der Waals surface area contributed by atoms with Crippen molar-refractivity contribution in [3.05, 3.63) is 70.5 Å². The van der Waals surface area contributed by atoms with E-state index in [1.54, 1.807) is 6.07 Å². The summed E-state index contributed by atoms with van der Waals surface area (Å²) >= 11 is 0. The summed E-state index contributed by atoms with van der Waals surface area (Å²) in [6.45, 7) is 8.36. The molecule has 2 aromatic rings. The summed E-state index contributed by atoms with van der Waals surface area (Å²) < 4.78 is 13.1. The van der Waals surface area contributed by atoms with Crippen LogP contribution in [0.4, 0.5) is 4.39 Å². The highest BCUT2D eigenvalue weighted by Gasteiger charge is 2.15. The molecule has 0 amide bonds. The van der Waals surface area contributed by atoms with Gasteiger partial charge in [0.1, 0.15) is 5.82 Å². The zero-order valence-corrected chi connectivity index (χ0v) is 13.2. The molecule has 21 heavy (non-hydrogen) atoms. The maximum absolute atomic E-state index is 13.1. The summed E-state index contributed by atoms with van der Waals surface area (Å²) in [6, 6.07) is 12.9. The smallest absolute Gasteiger partial charge is 0.123 e. The lowest BCUT2D eigenvalue weighted by molar-refractivity contribution is 0.177. The van der Waals surface area contributed by atoms with Crippen LogP contribution in [0.3, 0.4) is 0 Å². The second-order valence-electron chi connectivity index (χ2n) is 6.67. The predicted molar refractivity (Wildman–Crippen MR) is 84.9 cm³/mol. The molecule has 0 radical (unpaired) electrons. The van der Waals surface area contributed by atoms with Gasteiger partial charge in [0.15, 0.2) is 0 Å². The Morgan fingerprint density at radius 2 is 1.67 bits per heavy atom. The van der Waals surface area contributed by atoms with Gasteiger partial charge < -0.3 is 5.11 Å². The van der Waals surface area contributed by atoms with Gasteiger partial charge in [-0.05, 0) is 46.7 Å². The van der Waals surface area contributed by atoms with Crippen LogP contribution in [-0.4, -0.2) is 5.11 Å². The Morgan fingerprint density at radius 3 is 2.19 bits per heavy atom. The maximum Gasteiger partial charge on any atom is 0.123 e. The van der Waals surface area contributed by atoms with Crippen molar-refractivity contribution in [3.8, 4) is 0 Å². The highest BCUT2D eigenvalue weighted by atomic mass is 19.1. The van der Waals surface area contributed by atoms with E-state index < -0.39 is 6.10 Å². The first-order chi connectivity index (χ1) is 9.77. The largest absolute Gasteiger partial charge is 0.388 e. The Kier molecular flexibility index (Phi) is 4.48. The first-order valence-electron chi connectivity index (χ1n) is 7.31. The normalized spacial score (nSPS) is 13.2. The van der Waals surface area contributed by atoms with Gasteiger partial charge in [-0.2, -0.15) is 0 Å². The fourth-order valence-corrected chi connectivity index (χ4v) is 2.49. The molecule has 0 bridgehead atoms. The van der Waals surface area contributed by atoms with Gasteiger partial charge in [-0.1, -0.05) is 51.1 Å². The molecular weight excluding hydrogens is 263 g/mol. The Bertz CT molecular complexity index is 608. The molecule has 112 valence electrons. The quantitative estimate of drug-likeness (QED) is 0.866. The summed E-state index contributed by atoms with van der Waals surface area (Å²) in [6.07, 6.45) is -0.0669. The van der Waals surface area contributed by atoms with Gasteiger partial charge >= 0.3 is 0 Å². The van der Waals surface area contributed by atoms with E-state index in [4.69, 9.17) is 0 Å². The van der Waals surface area contributed by atoms with Crippen LogP contribution in [0, 0.1) is 12.7 Å². The van der Waals surface area contributed by atoms with Crippen LogP contribution in [0.15, 0.2) is 42.5 Å². The number of halogens is 1. The van der Waals surface area contributed by atoms with Gasteiger partial charge in [0.05, 0.1) is 6.10 Å². The first-order valence-corrected chi connectivity index (χ1v) is 7.31. The van der Waals surface area contributed by atoms with E-state index >= 15 is 0 Å². The molecule has 0 saturated carbocycles. The molecule has 0 aliphatic rings. The topological polar surface area (TPSA) is 20.2 Å². The van der Waals surface area contributed by atoms with E-state index in [0.29, 0.717) is 6.42 Å². The third-order valence-electron chi connectivity index (χ3n) is 3.84. The molecule has 2 aromatic carbocycles. The SMILES string of the molecule is Cc1cc(F)ccc1C(O)Cc1ccc(C(C)(C)C)cc1. The van der Waals surface area contributed by atoms with Gasteiger partial charge in [-0.15, -0.1) is 0 Å². The minimum Gasteiger partial charge on any atom is -0.388 e. The van der Waals surface area contributed by atoms with Crippen LogP contribution in [0.5, 0.6) is 0 Å². The van der Waals surface area contributed by atoms with Gasteiger partial charge in [0.25, 0.3) is 0 Å². The minimum absolute atomic E-state index is 0.130. The molecule has 1 nitrogen and oxygen atoms in total. The van der Waals surface area contributed by atoms with Crippen LogP contribution in [-0.2, 0) is 11.8 Å².